The van der Waals surface area contributed by atoms with Crippen LogP contribution in [0.2, 0.25) is 0 Å². The van der Waals surface area contributed by atoms with E-state index in [1.54, 1.807) is 0 Å². The summed E-state index contributed by atoms with van der Waals surface area (Å²) in [4.78, 5) is 0. The van der Waals surface area contributed by atoms with Crippen molar-refractivity contribution in [3.63, 3.8) is 0 Å². The molecule has 0 aliphatic carbocycles. The highest BCUT2D eigenvalue weighted by Gasteiger charge is 2.05. The van der Waals surface area contributed by atoms with Crippen molar-refractivity contribution in [3.8, 4) is 0 Å². The summed E-state index contributed by atoms with van der Waals surface area (Å²) in [5.41, 5.74) is 0. The van der Waals surface area contributed by atoms with Crippen molar-refractivity contribution >= 4 is 0 Å². The second-order valence-electron chi connectivity index (χ2n) is 3.93. The van der Waals surface area contributed by atoms with Gasteiger partial charge in [0.15, 0.2) is 0 Å². The summed E-state index contributed by atoms with van der Waals surface area (Å²) >= 11 is 0. The Morgan fingerprint density at radius 2 is 1.79 bits per heavy atom. The molecule has 1 N–H and O–H groups in total. The van der Waals surface area contributed by atoms with Crippen molar-refractivity contribution in [2.75, 3.05) is 0 Å². The van der Waals surface area contributed by atoms with E-state index in [2.05, 4.69) is 13.5 Å². The van der Waals surface area contributed by atoms with Gasteiger partial charge in [-0.05, 0) is 6.42 Å². The van der Waals surface area contributed by atoms with Gasteiger partial charge >= 0.3 is 0 Å². The van der Waals surface area contributed by atoms with Gasteiger partial charge in [-0.1, -0.05) is 52.0 Å². The lowest BCUT2D eigenvalue weighted by molar-refractivity contribution is 0.154. The minimum Gasteiger partial charge on any atom is -0.393 e. The van der Waals surface area contributed by atoms with Crippen LogP contribution in [0.15, 0.2) is 12.4 Å². The number of aliphatic hydroxyl groups is 1. The minimum atomic E-state index is -0.529. The number of halogens is 1. The molecule has 0 aromatic rings. The number of rotatable bonds is 9. The molecule has 0 radical (unpaired) electrons. The van der Waals surface area contributed by atoms with Crippen LogP contribution in [0.4, 0.5) is 4.39 Å². The number of unbranched alkanes of at least 4 members (excludes halogenated alkanes) is 5. The standard InChI is InChI=1S/C12H23FO/c1-3-4-5-6-7-8-9-12(14)10-11(2)13/h12,14H,2-10H2,1H3/t12-/m0/s1. The smallest absolute Gasteiger partial charge is 0.0953 e. The van der Waals surface area contributed by atoms with Gasteiger partial charge in [-0.3, -0.25) is 0 Å². The molecule has 14 heavy (non-hydrogen) atoms. The lowest BCUT2D eigenvalue weighted by atomic mass is 10.1. The molecule has 1 atom stereocenters. The van der Waals surface area contributed by atoms with Crippen LogP contribution in [-0.2, 0) is 0 Å². The third-order valence-corrected chi connectivity index (χ3v) is 2.35. The molecule has 84 valence electrons. The summed E-state index contributed by atoms with van der Waals surface area (Å²) < 4.78 is 12.3. The van der Waals surface area contributed by atoms with Crippen LogP contribution in [0.1, 0.15) is 58.3 Å². The molecule has 0 aliphatic heterocycles. The molecule has 0 aliphatic rings. The quantitative estimate of drug-likeness (QED) is 0.561. The summed E-state index contributed by atoms with van der Waals surface area (Å²) in [5, 5.41) is 9.32. The summed E-state index contributed by atoms with van der Waals surface area (Å²) in [6, 6.07) is 0. The van der Waals surface area contributed by atoms with E-state index in [0.29, 0.717) is 6.42 Å². The van der Waals surface area contributed by atoms with Gasteiger partial charge in [-0.2, -0.15) is 0 Å². The van der Waals surface area contributed by atoms with E-state index in [1.807, 2.05) is 0 Å². The molecule has 0 bridgehead atoms. The van der Waals surface area contributed by atoms with Crippen LogP contribution in [0.3, 0.4) is 0 Å². The maximum absolute atomic E-state index is 12.3. The predicted octanol–water partition coefficient (Wildman–Crippen LogP) is 3.97. The fourth-order valence-electron chi connectivity index (χ4n) is 1.52. The Morgan fingerprint density at radius 1 is 1.21 bits per heavy atom. The van der Waals surface area contributed by atoms with Gasteiger partial charge in [-0.25, -0.2) is 4.39 Å². The third kappa shape index (κ3) is 9.72. The summed E-state index contributed by atoms with van der Waals surface area (Å²) in [6.45, 7) is 5.33. The normalized spacial score (nSPS) is 12.8. The number of hydrogen-bond donors (Lipinski definition) is 1. The van der Waals surface area contributed by atoms with Gasteiger partial charge in [0.2, 0.25) is 0 Å². The fourth-order valence-corrected chi connectivity index (χ4v) is 1.52. The van der Waals surface area contributed by atoms with Crippen molar-refractivity contribution in [2.45, 2.75) is 64.4 Å². The first-order valence-electron chi connectivity index (χ1n) is 5.68. The highest BCUT2D eigenvalue weighted by molar-refractivity contribution is 4.82. The molecule has 1 nitrogen and oxygen atoms in total. The van der Waals surface area contributed by atoms with Crippen LogP contribution in [0.25, 0.3) is 0 Å². The van der Waals surface area contributed by atoms with Gasteiger partial charge in [-0.15, -0.1) is 0 Å². The van der Waals surface area contributed by atoms with Crippen LogP contribution >= 0.6 is 0 Å². The molecular weight excluding hydrogens is 179 g/mol. The molecule has 0 saturated heterocycles. The zero-order chi connectivity index (χ0) is 10.8. The molecular formula is C12H23FO. The van der Waals surface area contributed by atoms with Gasteiger partial charge in [0.05, 0.1) is 11.9 Å². The van der Waals surface area contributed by atoms with Gasteiger partial charge in [0.25, 0.3) is 0 Å². The van der Waals surface area contributed by atoms with Crippen LogP contribution in [0, 0.1) is 0 Å². The first kappa shape index (κ1) is 13.6. The zero-order valence-electron chi connectivity index (χ0n) is 9.27. The molecule has 0 aromatic carbocycles. The highest BCUT2D eigenvalue weighted by atomic mass is 19.1. The fraction of sp³-hybridized carbons (Fsp3) is 0.833. The Balaban J connectivity index is 3.14. The van der Waals surface area contributed by atoms with E-state index >= 15 is 0 Å². The van der Waals surface area contributed by atoms with Crippen LogP contribution < -0.4 is 0 Å². The maximum Gasteiger partial charge on any atom is 0.0953 e. The SMILES string of the molecule is C=C(F)C[C@@H](O)CCCCCCCC. The van der Waals surface area contributed by atoms with E-state index in [0.717, 1.165) is 12.8 Å². The van der Waals surface area contributed by atoms with Crippen LogP contribution in [0.5, 0.6) is 0 Å². The van der Waals surface area contributed by atoms with E-state index in [1.165, 1.54) is 25.7 Å². The molecule has 0 amide bonds. The first-order valence-corrected chi connectivity index (χ1v) is 5.68. The molecule has 0 saturated carbocycles. The molecule has 0 fully saturated rings. The average Bonchev–Trinajstić information content (AvgIpc) is 2.10. The monoisotopic (exact) mass is 202 g/mol. The molecule has 0 heterocycles. The molecule has 0 spiro atoms. The molecule has 0 rings (SSSR count). The lowest BCUT2D eigenvalue weighted by Gasteiger charge is -2.08. The van der Waals surface area contributed by atoms with E-state index in [-0.39, 0.29) is 6.42 Å². The van der Waals surface area contributed by atoms with Crippen LogP contribution in [-0.4, -0.2) is 11.2 Å². The van der Waals surface area contributed by atoms with Gasteiger partial charge < -0.3 is 5.11 Å². The van der Waals surface area contributed by atoms with Crippen molar-refractivity contribution in [3.05, 3.63) is 12.4 Å². The maximum atomic E-state index is 12.3. The predicted molar refractivity (Wildman–Crippen MR) is 58.9 cm³/mol. The number of hydrogen-bond acceptors (Lipinski definition) is 1. The van der Waals surface area contributed by atoms with Crippen molar-refractivity contribution in [1.82, 2.24) is 0 Å². The van der Waals surface area contributed by atoms with Crippen molar-refractivity contribution < 1.29 is 9.50 Å². The summed E-state index contributed by atoms with van der Waals surface area (Å²) in [5.74, 6) is -0.413. The largest absolute Gasteiger partial charge is 0.393 e. The average molecular weight is 202 g/mol. The Morgan fingerprint density at radius 3 is 2.36 bits per heavy atom. The topological polar surface area (TPSA) is 20.2 Å². The van der Waals surface area contributed by atoms with Gasteiger partial charge in [0, 0.05) is 6.42 Å². The zero-order valence-corrected chi connectivity index (χ0v) is 9.27. The van der Waals surface area contributed by atoms with E-state index in [9.17, 15) is 9.50 Å². The van der Waals surface area contributed by atoms with E-state index in [4.69, 9.17) is 0 Å². The summed E-state index contributed by atoms with van der Waals surface area (Å²) in [7, 11) is 0. The Labute approximate surface area is 87.0 Å². The molecule has 0 aromatic heterocycles. The third-order valence-electron chi connectivity index (χ3n) is 2.35. The highest BCUT2D eigenvalue weighted by Crippen LogP contribution is 2.12. The van der Waals surface area contributed by atoms with E-state index < -0.39 is 11.9 Å². The Kier molecular flexibility index (Phi) is 8.95. The van der Waals surface area contributed by atoms with Gasteiger partial charge in [0.1, 0.15) is 0 Å². The van der Waals surface area contributed by atoms with Crippen molar-refractivity contribution in [2.24, 2.45) is 0 Å². The van der Waals surface area contributed by atoms with Crippen molar-refractivity contribution in [1.29, 1.82) is 0 Å². The molecule has 2 heteroatoms. The Hall–Kier alpha value is -0.370. The lowest BCUT2D eigenvalue weighted by Crippen LogP contribution is -2.05. The second-order valence-corrected chi connectivity index (χ2v) is 3.93. The number of aliphatic hydroxyl groups excluding tert-OH is 1. The summed E-state index contributed by atoms with van der Waals surface area (Å²) in [6.07, 6.45) is 7.49. The molecule has 0 unspecified atom stereocenters. The first-order chi connectivity index (χ1) is 6.66. The minimum absolute atomic E-state index is 0.106. The Bertz CT molecular complexity index is 145. The second kappa shape index (κ2) is 9.20.